The lowest BCUT2D eigenvalue weighted by atomic mass is 10.2. The second kappa shape index (κ2) is 6.41. The molecule has 25 heavy (non-hydrogen) atoms. The van der Waals surface area contributed by atoms with E-state index in [9.17, 15) is 22.8 Å². The molecule has 1 aromatic heterocycles. The van der Waals surface area contributed by atoms with Crippen LogP contribution < -0.4 is 4.74 Å². The van der Waals surface area contributed by atoms with Crippen LogP contribution in [0.15, 0.2) is 18.3 Å². The largest absolute Gasteiger partial charge is 0.472 e. The first-order valence-corrected chi connectivity index (χ1v) is 7.71. The number of ether oxygens (including phenoxy) is 1. The molecule has 0 spiro atoms. The number of fused-ring (bicyclic) bond motifs is 1. The quantitative estimate of drug-likeness (QED) is 0.871. The van der Waals surface area contributed by atoms with Gasteiger partial charge in [0.05, 0.1) is 18.2 Å². The Morgan fingerprint density at radius 3 is 2.68 bits per heavy atom. The highest BCUT2D eigenvalue weighted by Crippen LogP contribution is 2.30. The van der Waals surface area contributed by atoms with Crippen LogP contribution in [-0.4, -0.2) is 63.7 Å². The zero-order valence-corrected chi connectivity index (χ0v) is 13.1. The van der Waals surface area contributed by atoms with E-state index in [4.69, 9.17) is 9.84 Å². The van der Waals surface area contributed by atoms with Crippen molar-refractivity contribution in [2.45, 2.75) is 31.2 Å². The van der Waals surface area contributed by atoms with Gasteiger partial charge in [-0.2, -0.15) is 13.2 Å². The van der Waals surface area contributed by atoms with Crippen molar-refractivity contribution in [3.05, 3.63) is 23.9 Å². The fraction of sp³-hybridized carbons (Fsp3) is 0.533. The van der Waals surface area contributed by atoms with Crippen LogP contribution in [-0.2, 0) is 11.0 Å². The molecule has 10 heteroatoms. The van der Waals surface area contributed by atoms with Crippen molar-refractivity contribution in [2.75, 3.05) is 19.6 Å². The molecule has 0 bridgehead atoms. The lowest BCUT2D eigenvalue weighted by Crippen LogP contribution is -2.40. The van der Waals surface area contributed by atoms with E-state index >= 15 is 0 Å². The fourth-order valence-corrected chi connectivity index (χ4v) is 3.12. The van der Waals surface area contributed by atoms with Crippen LogP contribution in [0.2, 0.25) is 0 Å². The normalized spacial score (nSPS) is 24.0. The summed E-state index contributed by atoms with van der Waals surface area (Å²) in [6, 6.07) is 1.72. The van der Waals surface area contributed by atoms with Crippen molar-refractivity contribution in [3.63, 3.8) is 0 Å². The first kappa shape index (κ1) is 17.3. The van der Waals surface area contributed by atoms with Crippen LogP contribution in [0.4, 0.5) is 18.0 Å². The second-order valence-electron chi connectivity index (χ2n) is 6.04. The number of nitrogens with zero attached hydrogens (tertiary/aromatic N) is 3. The molecule has 1 aromatic rings. The monoisotopic (exact) mass is 359 g/mol. The highest BCUT2D eigenvalue weighted by molar-refractivity contribution is 5.78. The number of hydrogen-bond acceptors (Lipinski definition) is 4. The first-order valence-electron chi connectivity index (χ1n) is 7.71. The van der Waals surface area contributed by atoms with Gasteiger partial charge in [-0.1, -0.05) is 0 Å². The zero-order valence-electron chi connectivity index (χ0n) is 13.1. The van der Waals surface area contributed by atoms with Gasteiger partial charge in [0.2, 0.25) is 11.8 Å². The van der Waals surface area contributed by atoms with Gasteiger partial charge in [0.25, 0.3) is 0 Å². The van der Waals surface area contributed by atoms with Gasteiger partial charge in [-0.15, -0.1) is 0 Å². The van der Waals surface area contributed by atoms with Gasteiger partial charge in [-0.25, -0.2) is 9.78 Å². The van der Waals surface area contributed by atoms with E-state index < -0.39 is 23.9 Å². The number of hydrogen-bond donors (Lipinski definition) is 1. The lowest BCUT2D eigenvalue weighted by molar-refractivity contribution is -0.138. The van der Waals surface area contributed by atoms with Crippen molar-refractivity contribution in [1.29, 1.82) is 0 Å². The molecule has 2 aliphatic heterocycles. The summed E-state index contributed by atoms with van der Waals surface area (Å²) in [5.74, 6) is -0.113. The van der Waals surface area contributed by atoms with Gasteiger partial charge < -0.3 is 19.6 Å². The van der Waals surface area contributed by atoms with E-state index in [2.05, 4.69) is 4.98 Å². The average molecular weight is 359 g/mol. The molecule has 3 rings (SSSR count). The van der Waals surface area contributed by atoms with Crippen molar-refractivity contribution >= 4 is 12.0 Å². The number of aromatic nitrogens is 1. The molecule has 2 amide bonds. The minimum absolute atomic E-state index is 0.0400. The number of carboxylic acid groups (broad SMARTS) is 1. The minimum Gasteiger partial charge on any atom is -0.472 e. The molecule has 1 N–H and O–H groups in total. The van der Waals surface area contributed by atoms with E-state index in [1.807, 2.05) is 0 Å². The highest BCUT2D eigenvalue weighted by Gasteiger charge is 2.40. The Hall–Kier alpha value is -2.52. The summed E-state index contributed by atoms with van der Waals surface area (Å²) in [5.41, 5.74) is -0.868. The summed E-state index contributed by atoms with van der Waals surface area (Å²) in [6.07, 6.45) is -4.79. The van der Waals surface area contributed by atoms with Crippen LogP contribution in [0.3, 0.4) is 0 Å². The molecule has 0 radical (unpaired) electrons. The Bertz CT molecular complexity index is 665. The maximum Gasteiger partial charge on any atom is 0.417 e. The van der Waals surface area contributed by atoms with Crippen molar-refractivity contribution in [3.8, 4) is 5.88 Å². The summed E-state index contributed by atoms with van der Waals surface area (Å²) in [4.78, 5) is 29.7. The molecular weight excluding hydrogens is 343 g/mol. The Morgan fingerprint density at radius 1 is 1.32 bits per heavy atom. The third-order valence-electron chi connectivity index (χ3n) is 4.34. The maximum atomic E-state index is 12.5. The van der Waals surface area contributed by atoms with Gasteiger partial charge in [0.15, 0.2) is 0 Å². The molecule has 0 unspecified atom stereocenters. The van der Waals surface area contributed by atoms with Crippen LogP contribution in [0.5, 0.6) is 5.88 Å². The summed E-state index contributed by atoms with van der Waals surface area (Å²) in [6.45, 7) is 0.619. The molecule has 3 heterocycles. The van der Waals surface area contributed by atoms with Crippen LogP contribution in [0, 0.1) is 0 Å². The van der Waals surface area contributed by atoms with E-state index in [-0.39, 0.29) is 43.9 Å². The molecule has 2 aliphatic rings. The Kier molecular flexibility index (Phi) is 4.44. The van der Waals surface area contributed by atoms with E-state index in [1.54, 1.807) is 4.90 Å². The SMILES string of the molecule is O=C(O)N1CCC(=O)N2C[C@H](Oc3ccc(C(F)(F)F)cn3)C[C@H]2C1. The van der Waals surface area contributed by atoms with Gasteiger partial charge in [-0.3, -0.25) is 4.79 Å². The predicted molar refractivity (Wildman–Crippen MR) is 78.0 cm³/mol. The number of halogens is 3. The number of alkyl halides is 3. The van der Waals surface area contributed by atoms with Gasteiger partial charge >= 0.3 is 12.3 Å². The molecule has 2 saturated heterocycles. The van der Waals surface area contributed by atoms with Crippen molar-refractivity contribution in [1.82, 2.24) is 14.8 Å². The van der Waals surface area contributed by atoms with Gasteiger partial charge in [0.1, 0.15) is 6.10 Å². The number of pyridine rings is 1. The third-order valence-corrected chi connectivity index (χ3v) is 4.34. The lowest BCUT2D eigenvalue weighted by Gasteiger charge is -2.23. The van der Waals surface area contributed by atoms with Crippen LogP contribution in [0.25, 0.3) is 0 Å². The molecule has 136 valence electrons. The molecule has 0 aromatic carbocycles. The topological polar surface area (TPSA) is 83.0 Å². The average Bonchev–Trinajstić information content (AvgIpc) is 2.86. The van der Waals surface area contributed by atoms with Crippen molar-refractivity contribution < 1.29 is 32.6 Å². The number of rotatable bonds is 2. The Balaban J connectivity index is 1.66. The fourth-order valence-electron chi connectivity index (χ4n) is 3.12. The van der Waals surface area contributed by atoms with Crippen LogP contribution >= 0.6 is 0 Å². The van der Waals surface area contributed by atoms with Crippen molar-refractivity contribution in [2.24, 2.45) is 0 Å². The highest BCUT2D eigenvalue weighted by atomic mass is 19.4. The Labute approximate surface area is 141 Å². The molecular formula is C15H16F3N3O4. The third kappa shape index (κ3) is 3.77. The first-order chi connectivity index (χ1) is 11.7. The van der Waals surface area contributed by atoms with Gasteiger partial charge in [0, 0.05) is 38.2 Å². The van der Waals surface area contributed by atoms with Gasteiger partial charge in [-0.05, 0) is 6.07 Å². The molecule has 2 atom stereocenters. The Morgan fingerprint density at radius 2 is 2.08 bits per heavy atom. The molecule has 0 saturated carbocycles. The molecule has 2 fully saturated rings. The number of carbonyl (C=O) groups excluding carboxylic acids is 1. The summed E-state index contributed by atoms with van der Waals surface area (Å²) >= 11 is 0. The molecule has 0 aliphatic carbocycles. The summed E-state index contributed by atoms with van der Waals surface area (Å²) in [5, 5.41) is 9.13. The smallest absolute Gasteiger partial charge is 0.417 e. The molecule has 7 nitrogen and oxygen atoms in total. The van der Waals surface area contributed by atoms with E-state index in [0.717, 1.165) is 12.1 Å². The van der Waals surface area contributed by atoms with E-state index in [1.165, 1.54) is 4.90 Å². The second-order valence-corrected chi connectivity index (χ2v) is 6.04. The van der Waals surface area contributed by atoms with E-state index in [0.29, 0.717) is 12.6 Å². The minimum atomic E-state index is -4.47. The standard InChI is InChI=1S/C15H16F3N3O4/c16-15(17,18)9-1-2-12(19-6-9)25-11-5-10-7-20(14(23)24)4-3-13(22)21(10)8-11/h1-2,6,10-11H,3-5,7-8H2,(H,23,24)/t10-,11+/m0/s1. The number of amides is 2. The summed E-state index contributed by atoms with van der Waals surface area (Å²) in [7, 11) is 0. The predicted octanol–water partition coefficient (Wildman–Crippen LogP) is 1.83. The number of carbonyl (C=O) groups is 2. The summed E-state index contributed by atoms with van der Waals surface area (Å²) < 4.78 is 43.2. The van der Waals surface area contributed by atoms with Crippen LogP contribution in [0.1, 0.15) is 18.4 Å². The zero-order chi connectivity index (χ0) is 18.2. The maximum absolute atomic E-state index is 12.5.